The Morgan fingerprint density at radius 3 is 2.56 bits per heavy atom. The lowest BCUT2D eigenvalue weighted by Gasteiger charge is -2.09. The highest BCUT2D eigenvalue weighted by Crippen LogP contribution is 2.19. The Kier molecular flexibility index (Phi) is 5.06. The maximum atomic E-state index is 11.7. The van der Waals surface area contributed by atoms with Crippen LogP contribution in [0.25, 0.3) is 0 Å². The molecule has 0 aromatic heterocycles. The lowest BCUT2D eigenvalue weighted by atomic mass is 10.1. The molecule has 1 rings (SSSR count). The standard InChI is InChI=1S/C13H16ClNO/c1-10(2)8-9-15-13(16)12(14)11-6-4-3-5-7-11/h3-8,12H,9H2,1-2H3,(H,15,16). The summed E-state index contributed by atoms with van der Waals surface area (Å²) in [5.41, 5.74) is 1.99. The fourth-order valence-electron chi connectivity index (χ4n) is 1.22. The molecule has 1 unspecified atom stereocenters. The molecule has 3 heteroatoms. The summed E-state index contributed by atoms with van der Waals surface area (Å²) in [6, 6.07) is 9.33. The third-order valence-electron chi connectivity index (χ3n) is 2.11. The van der Waals surface area contributed by atoms with Crippen molar-refractivity contribution in [2.75, 3.05) is 6.54 Å². The van der Waals surface area contributed by atoms with Crippen molar-refractivity contribution in [2.24, 2.45) is 0 Å². The second kappa shape index (κ2) is 6.33. The van der Waals surface area contributed by atoms with Crippen molar-refractivity contribution in [3.05, 3.63) is 47.5 Å². The van der Waals surface area contributed by atoms with Crippen LogP contribution in [-0.4, -0.2) is 12.5 Å². The number of hydrogen-bond acceptors (Lipinski definition) is 1. The van der Waals surface area contributed by atoms with Gasteiger partial charge >= 0.3 is 0 Å². The first-order valence-electron chi connectivity index (χ1n) is 5.21. The van der Waals surface area contributed by atoms with Gasteiger partial charge in [-0.3, -0.25) is 4.79 Å². The number of allylic oxidation sites excluding steroid dienone is 1. The van der Waals surface area contributed by atoms with E-state index in [1.54, 1.807) is 0 Å². The number of hydrogen-bond donors (Lipinski definition) is 1. The van der Waals surface area contributed by atoms with E-state index in [2.05, 4.69) is 5.32 Å². The minimum atomic E-state index is -0.619. The van der Waals surface area contributed by atoms with Crippen molar-refractivity contribution in [1.82, 2.24) is 5.32 Å². The molecule has 0 saturated heterocycles. The predicted octanol–water partition coefficient (Wildman–Crippen LogP) is 3.05. The highest BCUT2D eigenvalue weighted by molar-refractivity contribution is 6.30. The molecule has 1 aromatic carbocycles. The lowest BCUT2D eigenvalue weighted by molar-refractivity contribution is -0.120. The van der Waals surface area contributed by atoms with E-state index in [9.17, 15) is 4.79 Å². The second-order valence-corrected chi connectivity index (χ2v) is 4.24. The maximum Gasteiger partial charge on any atom is 0.242 e. The molecule has 1 atom stereocenters. The summed E-state index contributed by atoms with van der Waals surface area (Å²) < 4.78 is 0. The van der Waals surface area contributed by atoms with Gasteiger partial charge < -0.3 is 5.32 Å². The molecule has 1 N–H and O–H groups in total. The number of alkyl halides is 1. The molecule has 16 heavy (non-hydrogen) atoms. The number of rotatable bonds is 4. The molecule has 0 aliphatic heterocycles. The van der Waals surface area contributed by atoms with E-state index in [0.29, 0.717) is 6.54 Å². The monoisotopic (exact) mass is 237 g/mol. The summed E-state index contributed by atoms with van der Waals surface area (Å²) in [7, 11) is 0. The van der Waals surface area contributed by atoms with Crippen LogP contribution >= 0.6 is 11.6 Å². The number of benzene rings is 1. The Balaban J connectivity index is 2.52. The summed E-state index contributed by atoms with van der Waals surface area (Å²) in [6.45, 7) is 4.50. The van der Waals surface area contributed by atoms with E-state index in [1.807, 2.05) is 50.3 Å². The SMILES string of the molecule is CC(C)=CCNC(=O)C(Cl)c1ccccc1. The van der Waals surface area contributed by atoms with Gasteiger partial charge in [0.2, 0.25) is 5.91 Å². The van der Waals surface area contributed by atoms with Crippen molar-refractivity contribution >= 4 is 17.5 Å². The number of amides is 1. The normalized spacial score (nSPS) is 11.7. The smallest absolute Gasteiger partial charge is 0.242 e. The fraction of sp³-hybridized carbons (Fsp3) is 0.308. The molecular formula is C13H16ClNO. The predicted molar refractivity (Wildman–Crippen MR) is 67.5 cm³/mol. The summed E-state index contributed by atoms with van der Waals surface area (Å²) in [5, 5.41) is 2.15. The Bertz CT molecular complexity index is 369. The Morgan fingerprint density at radius 2 is 2.00 bits per heavy atom. The highest BCUT2D eigenvalue weighted by Gasteiger charge is 2.15. The third kappa shape index (κ3) is 4.07. The first kappa shape index (κ1) is 12.8. The zero-order valence-corrected chi connectivity index (χ0v) is 10.3. The van der Waals surface area contributed by atoms with Gasteiger partial charge in [-0.1, -0.05) is 42.0 Å². The Labute approximate surface area is 101 Å². The summed E-state index contributed by atoms with van der Waals surface area (Å²) in [5.74, 6) is -0.162. The Morgan fingerprint density at radius 1 is 1.38 bits per heavy atom. The average molecular weight is 238 g/mol. The van der Waals surface area contributed by atoms with Gasteiger partial charge in [-0.2, -0.15) is 0 Å². The molecule has 0 saturated carbocycles. The molecule has 0 fully saturated rings. The first-order valence-corrected chi connectivity index (χ1v) is 5.65. The molecule has 0 heterocycles. The zero-order chi connectivity index (χ0) is 12.0. The fourth-order valence-corrected chi connectivity index (χ4v) is 1.44. The van der Waals surface area contributed by atoms with Gasteiger partial charge in [-0.05, 0) is 19.4 Å². The molecule has 86 valence electrons. The number of carbonyl (C=O) groups excluding carboxylic acids is 1. The molecule has 2 nitrogen and oxygen atoms in total. The molecular weight excluding hydrogens is 222 g/mol. The van der Waals surface area contributed by atoms with Crippen LogP contribution < -0.4 is 5.32 Å². The average Bonchev–Trinajstić information content (AvgIpc) is 2.28. The minimum Gasteiger partial charge on any atom is -0.351 e. The van der Waals surface area contributed by atoms with Gasteiger partial charge in [0.25, 0.3) is 0 Å². The van der Waals surface area contributed by atoms with Gasteiger partial charge in [0.1, 0.15) is 5.38 Å². The van der Waals surface area contributed by atoms with Gasteiger partial charge in [-0.25, -0.2) is 0 Å². The summed E-state index contributed by atoms with van der Waals surface area (Å²) >= 11 is 6.04. The Hall–Kier alpha value is -1.28. The van der Waals surface area contributed by atoms with E-state index >= 15 is 0 Å². The van der Waals surface area contributed by atoms with Crippen LogP contribution in [0.2, 0.25) is 0 Å². The van der Waals surface area contributed by atoms with Crippen LogP contribution in [0.1, 0.15) is 24.8 Å². The molecule has 0 aliphatic rings. The van der Waals surface area contributed by atoms with Crippen LogP contribution in [0.4, 0.5) is 0 Å². The van der Waals surface area contributed by atoms with Crippen molar-refractivity contribution in [2.45, 2.75) is 19.2 Å². The topological polar surface area (TPSA) is 29.1 Å². The molecule has 1 amide bonds. The molecule has 0 aliphatic carbocycles. The van der Waals surface area contributed by atoms with Crippen molar-refractivity contribution in [1.29, 1.82) is 0 Å². The highest BCUT2D eigenvalue weighted by atomic mass is 35.5. The van der Waals surface area contributed by atoms with Gasteiger partial charge in [0, 0.05) is 6.54 Å². The summed E-state index contributed by atoms with van der Waals surface area (Å²) in [4.78, 5) is 11.7. The minimum absolute atomic E-state index is 0.162. The number of carbonyl (C=O) groups is 1. The van der Waals surface area contributed by atoms with Gasteiger partial charge in [0.15, 0.2) is 0 Å². The van der Waals surface area contributed by atoms with Crippen LogP contribution in [0.15, 0.2) is 42.0 Å². The van der Waals surface area contributed by atoms with E-state index < -0.39 is 5.38 Å². The van der Waals surface area contributed by atoms with E-state index in [0.717, 1.165) is 5.56 Å². The quantitative estimate of drug-likeness (QED) is 0.633. The molecule has 0 bridgehead atoms. The van der Waals surface area contributed by atoms with E-state index in [4.69, 9.17) is 11.6 Å². The largest absolute Gasteiger partial charge is 0.351 e. The van der Waals surface area contributed by atoms with Crippen molar-refractivity contribution in [3.63, 3.8) is 0 Å². The van der Waals surface area contributed by atoms with Crippen LogP contribution in [0, 0.1) is 0 Å². The summed E-state index contributed by atoms with van der Waals surface area (Å²) in [6.07, 6.45) is 1.95. The third-order valence-corrected chi connectivity index (χ3v) is 2.56. The van der Waals surface area contributed by atoms with Gasteiger partial charge in [-0.15, -0.1) is 11.6 Å². The van der Waals surface area contributed by atoms with Gasteiger partial charge in [0.05, 0.1) is 0 Å². The zero-order valence-electron chi connectivity index (χ0n) is 9.53. The molecule has 0 spiro atoms. The second-order valence-electron chi connectivity index (χ2n) is 3.80. The maximum absolute atomic E-state index is 11.7. The number of halogens is 1. The van der Waals surface area contributed by atoms with Crippen LogP contribution in [0.5, 0.6) is 0 Å². The first-order chi connectivity index (χ1) is 7.61. The van der Waals surface area contributed by atoms with E-state index in [1.165, 1.54) is 5.57 Å². The number of nitrogens with one attached hydrogen (secondary N) is 1. The van der Waals surface area contributed by atoms with Crippen LogP contribution in [-0.2, 0) is 4.79 Å². The molecule has 1 aromatic rings. The van der Waals surface area contributed by atoms with Crippen molar-refractivity contribution in [3.8, 4) is 0 Å². The van der Waals surface area contributed by atoms with E-state index in [-0.39, 0.29) is 5.91 Å². The van der Waals surface area contributed by atoms with Crippen molar-refractivity contribution < 1.29 is 4.79 Å². The lowest BCUT2D eigenvalue weighted by Crippen LogP contribution is -2.27. The van der Waals surface area contributed by atoms with Crippen LogP contribution in [0.3, 0.4) is 0 Å². The molecule has 0 radical (unpaired) electrons.